The predicted molar refractivity (Wildman–Crippen MR) is 67.2 cm³/mol. The number of aromatic nitrogens is 4. The highest BCUT2D eigenvalue weighted by Crippen LogP contribution is 2.10. The van der Waals surface area contributed by atoms with Gasteiger partial charge in [0.2, 0.25) is 17.7 Å². The van der Waals surface area contributed by atoms with E-state index in [9.17, 15) is 4.79 Å². The van der Waals surface area contributed by atoms with Crippen LogP contribution in [0.3, 0.4) is 0 Å². The van der Waals surface area contributed by atoms with Gasteiger partial charge in [-0.15, -0.1) is 10.2 Å². The standard InChI is InChI=1S/C12H17N5O2/c1-8-4-6-17(16-8)7-5-11(18)13-9(2)12-15-14-10(3)19-12/h4,6,9H,5,7H2,1-3H3,(H,13,18)/t9-/m1/s1. The molecule has 0 saturated carbocycles. The maximum Gasteiger partial charge on any atom is 0.238 e. The minimum atomic E-state index is -0.284. The molecule has 2 rings (SSSR count). The highest BCUT2D eigenvalue weighted by molar-refractivity contribution is 5.76. The van der Waals surface area contributed by atoms with E-state index >= 15 is 0 Å². The molecule has 0 aliphatic rings. The maximum absolute atomic E-state index is 11.8. The van der Waals surface area contributed by atoms with Crippen molar-refractivity contribution in [3.63, 3.8) is 0 Å². The fraction of sp³-hybridized carbons (Fsp3) is 0.500. The third kappa shape index (κ3) is 3.64. The molecule has 2 aromatic heterocycles. The van der Waals surface area contributed by atoms with Gasteiger partial charge in [0.15, 0.2) is 0 Å². The largest absolute Gasteiger partial charge is 0.423 e. The highest BCUT2D eigenvalue weighted by atomic mass is 16.4. The summed E-state index contributed by atoms with van der Waals surface area (Å²) >= 11 is 0. The summed E-state index contributed by atoms with van der Waals surface area (Å²) in [7, 11) is 0. The van der Waals surface area contributed by atoms with Crippen molar-refractivity contribution in [2.24, 2.45) is 0 Å². The van der Waals surface area contributed by atoms with Crippen LogP contribution in [0, 0.1) is 13.8 Å². The van der Waals surface area contributed by atoms with Gasteiger partial charge in [-0.1, -0.05) is 0 Å². The van der Waals surface area contributed by atoms with E-state index in [1.54, 1.807) is 11.6 Å². The number of rotatable bonds is 5. The molecule has 0 radical (unpaired) electrons. The van der Waals surface area contributed by atoms with Gasteiger partial charge in [0, 0.05) is 26.1 Å². The molecule has 0 aromatic carbocycles. The molecule has 0 spiro atoms. The molecule has 0 saturated heterocycles. The van der Waals surface area contributed by atoms with Gasteiger partial charge in [-0.25, -0.2) is 0 Å². The molecule has 7 heteroatoms. The summed E-state index contributed by atoms with van der Waals surface area (Å²) in [5.41, 5.74) is 0.940. The van der Waals surface area contributed by atoms with Crippen LogP contribution < -0.4 is 5.32 Å². The molecule has 19 heavy (non-hydrogen) atoms. The third-order valence-electron chi connectivity index (χ3n) is 2.63. The first kappa shape index (κ1) is 13.3. The molecule has 0 bridgehead atoms. The second kappa shape index (κ2) is 5.64. The number of hydrogen-bond acceptors (Lipinski definition) is 5. The van der Waals surface area contributed by atoms with Crippen LogP contribution in [0.15, 0.2) is 16.7 Å². The Morgan fingerprint density at radius 1 is 1.47 bits per heavy atom. The molecule has 7 nitrogen and oxygen atoms in total. The zero-order valence-electron chi connectivity index (χ0n) is 11.3. The molecule has 2 aromatic rings. The molecule has 1 amide bonds. The first-order chi connectivity index (χ1) is 9.04. The molecule has 1 atom stereocenters. The van der Waals surface area contributed by atoms with E-state index in [1.165, 1.54) is 0 Å². The molecular formula is C12H17N5O2. The fourth-order valence-corrected chi connectivity index (χ4v) is 1.67. The quantitative estimate of drug-likeness (QED) is 0.874. The smallest absolute Gasteiger partial charge is 0.238 e. The van der Waals surface area contributed by atoms with Crippen molar-refractivity contribution in [1.29, 1.82) is 0 Å². The van der Waals surface area contributed by atoms with E-state index in [2.05, 4.69) is 20.6 Å². The van der Waals surface area contributed by atoms with Gasteiger partial charge in [-0.2, -0.15) is 5.10 Å². The lowest BCUT2D eigenvalue weighted by Gasteiger charge is -2.09. The summed E-state index contributed by atoms with van der Waals surface area (Å²) in [4.78, 5) is 11.8. The number of nitrogens with one attached hydrogen (secondary N) is 1. The van der Waals surface area contributed by atoms with Crippen LogP contribution in [0.25, 0.3) is 0 Å². The van der Waals surface area contributed by atoms with E-state index < -0.39 is 0 Å². The predicted octanol–water partition coefficient (Wildman–Crippen LogP) is 1.15. The molecule has 0 unspecified atom stereocenters. The summed E-state index contributed by atoms with van der Waals surface area (Å²) in [6.07, 6.45) is 2.21. The Morgan fingerprint density at radius 2 is 2.26 bits per heavy atom. The Labute approximate surface area is 111 Å². The summed E-state index contributed by atoms with van der Waals surface area (Å²) in [5, 5.41) is 14.6. The first-order valence-corrected chi connectivity index (χ1v) is 6.14. The minimum absolute atomic E-state index is 0.0727. The van der Waals surface area contributed by atoms with Crippen molar-refractivity contribution in [3.05, 3.63) is 29.7 Å². The van der Waals surface area contributed by atoms with E-state index in [4.69, 9.17) is 4.42 Å². The third-order valence-corrected chi connectivity index (χ3v) is 2.63. The monoisotopic (exact) mass is 263 g/mol. The lowest BCUT2D eigenvalue weighted by atomic mass is 10.3. The van der Waals surface area contributed by atoms with Crippen LogP contribution in [-0.4, -0.2) is 25.9 Å². The zero-order chi connectivity index (χ0) is 13.8. The number of aryl methyl sites for hydroxylation is 3. The van der Waals surface area contributed by atoms with Crippen LogP contribution in [0.2, 0.25) is 0 Å². The average molecular weight is 263 g/mol. The second-order valence-corrected chi connectivity index (χ2v) is 4.42. The van der Waals surface area contributed by atoms with Gasteiger partial charge in [0.1, 0.15) is 6.04 Å². The molecule has 0 aliphatic carbocycles. The zero-order valence-corrected chi connectivity index (χ0v) is 11.3. The maximum atomic E-state index is 11.8. The van der Waals surface area contributed by atoms with Crippen molar-refractivity contribution < 1.29 is 9.21 Å². The summed E-state index contributed by atoms with van der Waals surface area (Å²) in [6, 6.07) is 1.62. The Hall–Kier alpha value is -2.18. The van der Waals surface area contributed by atoms with E-state index in [0.29, 0.717) is 24.7 Å². The summed E-state index contributed by atoms with van der Waals surface area (Å²) in [6.45, 7) is 5.99. The molecule has 0 fully saturated rings. The van der Waals surface area contributed by atoms with Crippen LogP contribution in [0.4, 0.5) is 0 Å². The van der Waals surface area contributed by atoms with Crippen LogP contribution in [-0.2, 0) is 11.3 Å². The van der Waals surface area contributed by atoms with Crippen molar-refractivity contribution >= 4 is 5.91 Å². The Kier molecular flexibility index (Phi) is 3.94. The normalized spacial score (nSPS) is 12.4. The van der Waals surface area contributed by atoms with Gasteiger partial charge >= 0.3 is 0 Å². The number of nitrogens with zero attached hydrogens (tertiary/aromatic N) is 4. The van der Waals surface area contributed by atoms with Crippen molar-refractivity contribution in [2.75, 3.05) is 0 Å². The van der Waals surface area contributed by atoms with Gasteiger partial charge in [-0.05, 0) is 19.9 Å². The molecular weight excluding hydrogens is 246 g/mol. The lowest BCUT2D eigenvalue weighted by molar-refractivity contribution is -0.122. The van der Waals surface area contributed by atoms with Crippen LogP contribution in [0.1, 0.15) is 36.9 Å². The Balaban J connectivity index is 1.81. The fourth-order valence-electron chi connectivity index (χ4n) is 1.67. The van der Waals surface area contributed by atoms with Gasteiger partial charge in [0.25, 0.3) is 0 Å². The topological polar surface area (TPSA) is 85.8 Å². The van der Waals surface area contributed by atoms with E-state index in [-0.39, 0.29) is 11.9 Å². The summed E-state index contributed by atoms with van der Waals surface area (Å²) < 4.78 is 7.00. The number of carbonyl (C=O) groups excluding carboxylic acids is 1. The Bertz CT molecular complexity index is 560. The summed E-state index contributed by atoms with van der Waals surface area (Å²) in [5.74, 6) is 0.834. The molecule has 1 N–H and O–H groups in total. The van der Waals surface area contributed by atoms with Gasteiger partial charge < -0.3 is 9.73 Å². The SMILES string of the molecule is Cc1ccn(CCC(=O)N[C@H](C)c2nnc(C)o2)n1. The minimum Gasteiger partial charge on any atom is -0.423 e. The van der Waals surface area contributed by atoms with Crippen molar-refractivity contribution in [1.82, 2.24) is 25.3 Å². The van der Waals surface area contributed by atoms with E-state index in [0.717, 1.165) is 5.69 Å². The second-order valence-electron chi connectivity index (χ2n) is 4.42. The van der Waals surface area contributed by atoms with Gasteiger partial charge in [-0.3, -0.25) is 9.48 Å². The molecule has 0 aliphatic heterocycles. The molecule has 2 heterocycles. The Morgan fingerprint density at radius 3 is 2.84 bits per heavy atom. The lowest BCUT2D eigenvalue weighted by Crippen LogP contribution is -2.27. The van der Waals surface area contributed by atoms with E-state index in [1.807, 2.05) is 26.1 Å². The van der Waals surface area contributed by atoms with Crippen LogP contribution in [0.5, 0.6) is 0 Å². The number of hydrogen-bond donors (Lipinski definition) is 1. The van der Waals surface area contributed by atoms with Crippen molar-refractivity contribution in [2.45, 2.75) is 39.8 Å². The van der Waals surface area contributed by atoms with Gasteiger partial charge in [0.05, 0.1) is 5.69 Å². The first-order valence-electron chi connectivity index (χ1n) is 6.14. The number of amides is 1. The number of carbonyl (C=O) groups is 1. The average Bonchev–Trinajstić information content (AvgIpc) is 2.95. The van der Waals surface area contributed by atoms with Crippen LogP contribution >= 0.6 is 0 Å². The van der Waals surface area contributed by atoms with Crippen molar-refractivity contribution in [3.8, 4) is 0 Å². The molecule has 102 valence electrons. The highest BCUT2D eigenvalue weighted by Gasteiger charge is 2.15.